The van der Waals surface area contributed by atoms with Crippen molar-refractivity contribution in [1.29, 1.82) is 0 Å². The lowest BCUT2D eigenvalue weighted by molar-refractivity contribution is -0.121. The highest BCUT2D eigenvalue weighted by molar-refractivity contribution is 6.26. The molecule has 2 aromatic rings. The Bertz CT molecular complexity index is 859. The number of aromatic carboxylic acids is 1. The maximum Gasteiger partial charge on any atom is 0.358 e. The number of carboxylic acid groups (broad SMARTS) is 1. The predicted octanol–water partition coefficient (Wildman–Crippen LogP) is 1.49. The van der Waals surface area contributed by atoms with Crippen LogP contribution in [0, 0.1) is 0 Å². The predicted molar refractivity (Wildman–Crippen MR) is 87.4 cm³/mol. The van der Waals surface area contributed by atoms with Gasteiger partial charge in [-0.05, 0) is 11.1 Å². The summed E-state index contributed by atoms with van der Waals surface area (Å²) in [7, 11) is 0. The van der Waals surface area contributed by atoms with Gasteiger partial charge >= 0.3 is 5.97 Å². The number of hydrogen-bond acceptors (Lipinski definition) is 4. The van der Waals surface area contributed by atoms with Crippen LogP contribution < -0.4 is 5.73 Å². The van der Waals surface area contributed by atoms with Crippen LogP contribution in [-0.4, -0.2) is 37.8 Å². The molecule has 0 spiro atoms. The van der Waals surface area contributed by atoms with E-state index in [1.807, 2.05) is 30.3 Å². The molecule has 2 unspecified atom stereocenters. The number of hydrogen-bond donors (Lipinski definition) is 3. The van der Waals surface area contributed by atoms with Crippen LogP contribution in [0.2, 0.25) is 0 Å². The van der Waals surface area contributed by atoms with Crippen molar-refractivity contribution in [3.8, 4) is 0 Å². The molecule has 1 amide bonds. The van der Waals surface area contributed by atoms with Crippen LogP contribution in [0.4, 0.5) is 0 Å². The quantitative estimate of drug-likeness (QED) is 0.725. The summed E-state index contributed by atoms with van der Waals surface area (Å²) in [6.07, 6.45) is 4.82. The first-order valence-electron chi connectivity index (χ1n) is 7.02. The van der Waals surface area contributed by atoms with Crippen molar-refractivity contribution in [2.45, 2.75) is 10.8 Å². The molecule has 1 aliphatic rings. The van der Waals surface area contributed by atoms with Crippen molar-refractivity contribution in [2.24, 2.45) is 5.73 Å². The molecule has 0 saturated heterocycles. The van der Waals surface area contributed by atoms with E-state index in [0.29, 0.717) is 0 Å². The number of carbonyl (C=O) groups excluding carboxylic acids is 1. The number of nitrogens with zero attached hydrogens (tertiary/aromatic N) is 2. The highest BCUT2D eigenvalue weighted by Gasteiger charge is 2.48. The molecule has 4 N–H and O–H groups in total. The van der Waals surface area contributed by atoms with E-state index in [9.17, 15) is 14.7 Å². The lowest BCUT2D eigenvalue weighted by atomic mass is 9.74. The number of alkyl halides is 1. The highest BCUT2D eigenvalue weighted by Crippen LogP contribution is 2.39. The third-order valence-corrected chi connectivity index (χ3v) is 4.41. The monoisotopic (exact) mass is 344 g/mol. The van der Waals surface area contributed by atoms with Gasteiger partial charge in [-0.15, -0.1) is 16.7 Å². The first kappa shape index (κ1) is 15.9. The number of carboxylic acids is 1. The first-order chi connectivity index (χ1) is 11.5. The van der Waals surface area contributed by atoms with Gasteiger partial charge < -0.3 is 10.8 Å². The van der Waals surface area contributed by atoms with Crippen LogP contribution >= 0.6 is 11.6 Å². The molecule has 8 heteroatoms. The maximum absolute atomic E-state index is 12.2. The largest absolute Gasteiger partial charge is 0.476 e. The summed E-state index contributed by atoms with van der Waals surface area (Å²) in [5.41, 5.74) is 5.18. The fourth-order valence-corrected chi connectivity index (χ4v) is 3.11. The number of halogens is 1. The Hall–Kier alpha value is -2.93. The minimum absolute atomic E-state index is 0.109. The number of carbonyl (C=O) groups is 2. The molecule has 7 nitrogen and oxygen atoms in total. The summed E-state index contributed by atoms with van der Waals surface area (Å²) < 4.78 is 0. The Morgan fingerprint density at radius 1 is 1.25 bits per heavy atom. The van der Waals surface area contributed by atoms with E-state index < -0.39 is 22.7 Å². The molecule has 3 rings (SSSR count). The zero-order valence-corrected chi connectivity index (χ0v) is 13.1. The van der Waals surface area contributed by atoms with Gasteiger partial charge in [0.05, 0.1) is 5.38 Å². The normalized spacial score (nSPS) is 22.9. The maximum atomic E-state index is 12.2. The Morgan fingerprint density at radius 2 is 1.96 bits per heavy atom. The van der Waals surface area contributed by atoms with Gasteiger partial charge in [0.2, 0.25) is 5.91 Å². The Kier molecular flexibility index (Phi) is 3.94. The molecule has 1 heterocycles. The van der Waals surface area contributed by atoms with E-state index >= 15 is 0 Å². The zero-order chi connectivity index (χ0) is 17.3. The molecule has 0 fully saturated rings. The summed E-state index contributed by atoms with van der Waals surface area (Å²) in [5.74, 6) is -2.13. The van der Waals surface area contributed by atoms with E-state index in [1.54, 1.807) is 12.2 Å². The molecule has 24 heavy (non-hydrogen) atoms. The first-order valence-corrected chi connectivity index (χ1v) is 7.45. The summed E-state index contributed by atoms with van der Waals surface area (Å²) in [4.78, 5) is 23.5. The fourth-order valence-electron chi connectivity index (χ4n) is 2.69. The van der Waals surface area contributed by atoms with Crippen molar-refractivity contribution >= 4 is 29.1 Å². The Morgan fingerprint density at radius 3 is 2.54 bits per heavy atom. The molecule has 1 aromatic carbocycles. The third kappa shape index (κ3) is 2.39. The standard InChI is InChI=1S/C16H13ClN4O3/c17-11-8-10(9-4-2-1-3-5-9)6-7-16(11,15(18)24)13-12(14(22)23)19-21-20-13/h1-8,11H,(H2,18,24)(H,22,23)(H,19,20,21). The lowest BCUT2D eigenvalue weighted by Crippen LogP contribution is -2.48. The minimum atomic E-state index is -1.60. The van der Waals surface area contributed by atoms with E-state index in [4.69, 9.17) is 17.3 Å². The summed E-state index contributed by atoms with van der Waals surface area (Å²) >= 11 is 6.44. The number of benzene rings is 1. The van der Waals surface area contributed by atoms with E-state index in [0.717, 1.165) is 11.1 Å². The molecule has 0 aliphatic heterocycles. The molecule has 1 aromatic heterocycles. The Labute approximate surface area is 141 Å². The van der Waals surface area contributed by atoms with E-state index in [1.165, 1.54) is 6.08 Å². The Balaban J connectivity index is 2.10. The molecular weight excluding hydrogens is 332 g/mol. The molecule has 0 radical (unpaired) electrons. The molecule has 0 saturated carbocycles. The van der Waals surface area contributed by atoms with Gasteiger partial charge in [-0.3, -0.25) is 4.79 Å². The van der Waals surface area contributed by atoms with E-state index in [-0.39, 0.29) is 11.4 Å². The summed E-state index contributed by atoms with van der Waals surface area (Å²) in [6, 6.07) is 9.44. The number of amides is 1. The van der Waals surface area contributed by atoms with Crippen LogP contribution in [0.25, 0.3) is 5.57 Å². The molecular formula is C16H13ClN4O3. The second-order valence-electron chi connectivity index (χ2n) is 5.28. The number of aromatic amines is 1. The van der Waals surface area contributed by atoms with Crippen molar-refractivity contribution in [1.82, 2.24) is 15.4 Å². The smallest absolute Gasteiger partial charge is 0.358 e. The van der Waals surface area contributed by atoms with Crippen LogP contribution in [0.1, 0.15) is 21.7 Å². The fraction of sp³-hybridized carbons (Fsp3) is 0.125. The van der Waals surface area contributed by atoms with Crippen LogP contribution in [-0.2, 0) is 10.2 Å². The molecule has 0 bridgehead atoms. The van der Waals surface area contributed by atoms with Crippen LogP contribution in [0.3, 0.4) is 0 Å². The molecule has 122 valence electrons. The van der Waals surface area contributed by atoms with Crippen molar-refractivity contribution in [3.05, 3.63) is 65.5 Å². The summed E-state index contributed by atoms with van der Waals surface area (Å²) in [5, 5.41) is 17.9. The third-order valence-electron chi connectivity index (χ3n) is 3.94. The number of rotatable bonds is 4. The second kappa shape index (κ2) is 5.93. The highest BCUT2D eigenvalue weighted by atomic mass is 35.5. The number of nitrogens with two attached hydrogens (primary N) is 1. The molecule has 1 aliphatic carbocycles. The number of nitrogens with one attached hydrogen (secondary N) is 1. The minimum Gasteiger partial charge on any atom is -0.476 e. The number of aromatic nitrogens is 3. The van der Waals surface area contributed by atoms with Gasteiger partial charge in [0.15, 0.2) is 5.69 Å². The van der Waals surface area contributed by atoms with Gasteiger partial charge in [-0.25, -0.2) is 4.79 Å². The van der Waals surface area contributed by atoms with Gasteiger partial charge in [0.25, 0.3) is 0 Å². The second-order valence-corrected chi connectivity index (χ2v) is 5.75. The van der Waals surface area contributed by atoms with Gasteiger partial charge in [-0.1, -0.05) is 48.6 Å². The number of primary amides is 1. The lowest BCUT2D eigenvalue weighted by Gasteiger charge is -2.32. The van der Waals surface area contributed by atoms with Crippen molar-refractivity contribution in [2.75, 3.05) is 0 Å². The molecule has 2 atom stereocenters. The SMILES string of the molecule is NC(=O)C1(c2n[nH]nc2C(=O)O)C=CC(c2ccccc2)=CC1Cl. The van der Waals surface area contributed by atoms with Crippen LogP contribution in [0.5, 0.6) is 0 Å². The number of allylic oxidation sites excluding steroid dienone is 3. The van der Waals surface area contributed by atoms with Crippen molar-refractivity contribution in [3.63, 3.8) is 0 Å². The number of H-pyrrole nitrogens is 1. The van der Waals surface area contributed by atoms with Crippen LogP contribution in [0.15, 0.2) is 48.6 Å². The average Bonchev–Trinajstić information content (AvgIpc) is 3.05. The van der Waals surface area contributed by atoms with E-state index in [2.05, 4.69) is 15.4 Å². The van der Waals surface area contributed by atoms with Crippen molar-refractivity contribution < 1.29 is 14.7 Å². The average molecular weight is 345 g/mol. The summed E-state index contributed by atoms with van der Waals surface area (Å²) in [6.45, 7) is 0. The van der Waals surface area contributed by atoms with Gasteiger partial charge in [0, 0.05) is 0 Å². The topological polar surface area (TPSA) is 122 Å². The van der Waals surface area contributed by atoms with Gasteiger partial charge in [-0.2, -0.15) is 10.3 Å². The van der Waals surface area contributed by atoms with Gasteiger partial charge in [0.1, 0.15) is 11.1 Å². The zero-order valence-electron chi connectivity index (χ0n) is 12.3.